The van der Waals surface area contributed by atoms with Crippen LogP contribution in [0.3, 0.4) is 0 Å². The summed E-state index contributed by atoms with van der Waals surface area (Å²) in [6, 6.07) is 3.52. The normalized spacial score (nSPS) is 18.2. The van der Waals surface area contributed by atoms with Gasteiger partial charge in [-0.05, 0) is 40.8 Å². The Kier molecular flexibility index (Phi) is 3.47. The van der Waals surface area contributed by atoms with Crippen molar-refractivity contribution in [2.24, 2.45) is 4.40 Å². The van der Waals surface area contributed by atoms with Gasteiger partial charge in [-0.1, -0.05) is 0 Å². The number of hydrogen-bond donors (Lipinski definition) is 1. The highest BCUT2D eigenvalue weighted by molar-refractivity contribution is 14.1. The lowest BCUT2D eigenvalue weighted by Crippen LogP contribution is -2.33. The van der Waals surface area contributed by atoms with E-state index in [1.807, 2.05) is 6.07 Å². The van der Waals surface area contributed by atoms with Crippen molar-refractivity contribution in [2.45, 2.75) is 0 Å². The Labute approximate surface area is 121 Å². The molecule has 9 heteroatoms. The third-order valence-corrected chi connectivity index (χ3v) is 5.45. The highest BCUT2D eigenvalue weighted by atomic mass is 127. The highest BCUT2D eigenvalue weighted by Gasteiger charge is 2.30. The quantitative estimate of drug-likeness (QED) is 0.761. The van der Waals surface area contributed by atoms with Gasteiger partial charge < -0.3 is 5.11 Å². The van der Waals surface area contributed by atoms with E-state index in [4.69, 9.17) is 5.11 Å². The van der Waals surface area contributed by atoms with Gasteiger partial charge in [-0.2, -0.15) is 8.42 Å². The largest absolute Gasteiger partial charge is 0.477 e. The van der Waals surface area contributed by atoms with E-state index in [1.165, 1.54) is 17.4 Å². The first-order valence-corrected chi connectivity index (χ1v) is 7.90. The second kappa shape index (κ2) is 4.63. The van der Waals surface area contributed by atoms with Crippen LogP contribution >= 0.6 is 33.9 Å². The molecule has 2 heterocycles. The second-order valence-electron chi connectivity index (χ2n) is 3.36. The van der Waals surface area contributed by atoms with Crippen LogP contribution in [0.5, 0.6) is 0 Å². The number of allylic oxidation sites excluding steroid dienone is 1. The lowest BCUT2D eigenvalue weighted by Gasteiger charge is -2.20. The summed E-state index contributed by atoms with van der Waals surface area (Å²) in [6.45, 7) is 0. The van der Waals surface area contributed by atoms with Crippen LogP contribution in [-0.4, -0.2) is 36.6 Å². The first-order valence-electron chi connectivity index (χ1n) is 4.61. The van der Waals surface area contributed by atoms with Gasteiger partial charge in [0.2, 0.25) is 0 Å². The van der Waals surface area contributed by atoms with E-state index in [1.54, 1.807) is 6.07 Å². The first kappa shape index (κ1) is 13.5. The number of likely N-dealkylation sites (N-methyl/N-ethyl adjacent to an activating group) is 1. The van der Waals surface area contributed by atoms with Crippen LogP contribution in [0.2, 0.25) is 0 Å². The summed E-state index contributed by atoms with van der Waals surface area (Å²) in [6.07, 6.45) is 1.26. The zero-order valence-corrected chi connectivity index (χ0v) is 12.8. The zero-order chi connectivity index (χ0) is 13.5. The molecule has 0 spiro atoms. The molecular formula is C9H7IN2O4S2. The van der Waals surface area contributed by atoms with E-state index in [0.29, 0.717) is 9.18 Å². The molecule has 96 valence electrons. The number of halogens is 1. The number of thiophene rings is 1. The molecule has 1 aliphatic rings. The fraction of sp³-hybridized carbons (Fsp3) is 0.111. The van der Waals surface area contributed by atoms with Crippen molar-refractivity contribution in [3.63, 3.8) is 0 Å². The van der Waals surface area contributed by atoms with Crippen molar-refractivity contribution < 1.29 is 18.3 Å². The van der Waals surface area contributed by atoms with Gasteiger partial charge >= 0.3 is 16.2 Å². The van der Waals surface area contributed by atoms with E-state index in [9.17, 15) is 13.2 Å². The van der Waals surface area contributed by atoms with Crippen LogP contribution in [0.1, 0.15) is 4.88 Å². The molecule has 6 nitrogen and oxygen atoms in total. The number of nitrogens with zero attached hydrogens (tertiary/aromatic N) is 2. The predicted molar refractivity (Wildman–Crippen MR) is 76.0 cm³/mol. The van der Waals surface area contributed by atoms with Gasteiger partial charge in [0.15, 0.2) is 0 Å². The Morgan fingerprint density at radius 1 is 1.50 bits per heavy atom. The Balaban J connectivity index is 2.58. The number of carboxylic acid groups (broad SMARTS) is 1. The van der Waals surface area contributed by atoms with Crippen molar-refractivity contribution in [1.82, 2.24) is 4.31 Å². The zero-order valence-electron chi connectivity index (χ0n) is 8.99. The summed E-state index contributed by atoms with van der Waals surface area (Å²) < 4.78 is 28.7. The van der Waals surface area contributed by atoms with Crippen molar-refractivity contribution >= 4 is 55.8 Å². The predicted octanol–water partition coefficient (Wildman–Crippen LogP) is 1.30. The van der Waals surface area contributed by atoms with Gasteiger partial charge in [-0.3, -0.25) is 0 Å². The van der Waals surface area contributed by atoms with E-state index < -0.39 is 16.2 Å². The summed E-state index contributed by atoms with van der Waals surface area (Å²) in [5.41, 5.74) is -0.165. The van der Waals surface area contributed by atoms with Gasteiger partial charge in [-0.15, -0.1) is 15.7 Å². The van der Waals surface area contributed by atoms with Crippen molar-refractivity contribution in [2.75, 3.05) is 7.05 Å². The molecule has 0 amide bonds. The Morgan fingerprint density at radius 3 is 2.67 bits per heavy atom. The molecule has 18 heavy (non-hydrogen) atoms. The van der Waals surface area contributed by atoms with Crippen LogP contribution in [0, 0.1) is 2.88 Å². The molecular weight excluding hydrogens is 391 g/mol. The summed E-state index contributed by atoms with van der Waals surface area (Å²) in [5, 5.41) is 8.98. The summed E-state index contributed by atoms with van der Waals surface area (Å²) in [5.74, 6) is -1.31. The van der Waals surface area contributed by atoms with Crippen molar-refractivity contribution in [3.05, 3.63) is 31.7 Å². The fourth-order valence-corrected chi connectivity index (χ4v) is 3.86. The number of rotatable bonds is 2. The highest BCUT2D eigenvalue weighted by Crippen LogP contribution is 2.24. The fourth-order valence-electron chi connectivity index (χ4n) is 1.32. The molecule has 0 aliphatic carbocycles. The van der Waals surface area contributed by atoms with Gasteiger partial charge in [0, 0.05) is 7.05 Å². The van der Waals surface area contributed by atoms with Crippen molar-refractivity contribution in [1.29, 1.82) is 0 Å². The number of carbonyl (C=O) groups is 1. The van der Waals surface area contributed by atoms with Crippen LogP contribution in [-0.2, 0) is 15.0 Å². The topological polar surface area (TPSA) is 87.0 Å². The number of carboxylic acids is 1. The average Bonchev–Trinajstić information content (AvgIpc) is 2.68. The third-order valence-electron chi connectivity index (χ3n) is 2.22. The molecule has 0 fully saturated rings. The second-order valence-corrected chi connectivity index (χ2v) is 7.96. The van der Waals surface area contributed by atoms with Crippen LogP contribution in [0.4, 0.5) is 0 Å². The first-order chi connectivity index (χ1) is 8.31. The maximum atomic E-state index is 11.7. The summed E-state index contributed by atoms with van der Waals surface area (Å²) >= 11 is 3.44. The summed E-state index contributed by atoms with van der Waals surface area (Å²) in [4.78, 5) is 11.6. The molecule has 1 aromatic rings. The molecule has 0 bridgehead atoms. The molecule has 0 atom stereocenters. The Morgan fingerprint density at radius 2 is 2.17 bits per heavy atom. The lowest BCUT2D eigenvalue weighted by molar-refractivity contribution is -0.133. The smallest absolute Gasteiger partial charge is 0.353 e. The SMILES string of the molecule is CN1C(C(=O)O)=CC(c2ccc(I)s2)=NS1(=O)=O. The monoisotopic (exact) mass is 398 g/mol. The van der Waals surface area contributed by atoms with E-state index in [-0.39, 0.29) is 11.4 Å². The minimum atomic E-state index is -3.97. The van der Waals surface area contributed by atoms with Gasteiger partial charge in [0.05, 0.1) is 13.5 Å². The van der Waals surface area contributed by atoms with Gasteiger partial charge in [0.1, 0.15) is 5.70 Å². The average molecular weight is 398 g/mol. The molecule has 2 rings (SSSR count). The molecule has 0 unspecified atom stereocenters. The Bertz CT molecular complexity index is 674. The minimum Gasteiger partial charge on any atom is -0.477 e. The van der Waals surface area contributed by atoms with E-state index in [0.717, 1.165) is 9.93 Å². The molecule has 1 aliphatic heterocycles. The van der Waals surface area contributed by atoms with E-state index >= 15 is 0 Å². The lowest BCUT2D eigenvalue weighted by atomic mass is 10.2. The molecule has 1 aromatic heterocycles. The molecule has 0 radical (unpaired) electrons. The number of hydrogen-bond acceptors (Lipinski definition) is 4. The number of aliphatic carboxylic acids is 1. The Hall–Kier alpha value is -0.940. The van der Waals surface area contributed by atoms with Crippen LogP contribution in [0.25, 0.3) is 0 Å². The maximum absolute atomic E-state index is 11.7. The minimum absolute atomic E-state index is 0.151. The molecule has 0 saturated heterocycles. The molecule has 1 N–H and O–H groups in total. The van der Waals surface area contributed by atoms with Gasteiger partial charge in [-0.25, -0.2) is 9.10 Å². The standard InChI is InChI=1S/C9H7IN2O4S2/c1-12-6(9(13)14)4-5(11-18(12,15)16)7-2-3-8(10)17-7/h2-4H,1H3,(H,13,14). The molecule has 0 saturated carbocycles. The molecule has 0 aromatic carbocycles. The van der Waals surface area contributed by atoms with Crippen molar-refractivity contribution in [3.8, 4) is 0 Å². The summed E-state index contributed by atoms with van der Waals surface area (Å²) in [7, 11) is -2.81. The third kappa shape index (κ3) is 2.42. The van der Waals surface area contributed by atoms with Gasteiger partial charge in [0.25, 0.3) is 0 Å². The van der Waals surface area contributed by atoms with Crippen LogP contribution in [0.15, 0.2) is 28.3 Å². The van der Waals surface area contributed by atoms with E-state index in [2.05, 4.69) is 27.0 Å². The maximum Gasteiger partial charge on any atom is 0.353 e. The van der Waals surface area contributed by atoms with Crippen LogP contribution < -0.4 is 0 Å².